The van der Waals surface area contributed by atoms with Gasteiger partial charge in [0, 0.05) is 6.04 Å². The first-order valence-corrected chi connectivity index (χ1v) is 3.77. The minimum absolute atomic E-state index is 0.273. The molecule has 1 aliphatic carbocycles. The van der Waals surface area contributed by atoms with Crippen LogP contribution < -0.4 is 5.73 Å². The third-order valence-electron chi connectivity index (χ3n) is 2.23. The lowest BCUT2D eigenvalue weighted by molar-refractivity contribution is -0.149. The van der Waals surface area contributed by atoms with Gasteiger partial charge in [0.15, 0.2) is 0 Å². The van der Waals surface area contributed by atoms with E-state index in [1.54, 1.807) is 0 Å². The van der Waals surface area contributed by atoms with Crippen LogP contribution in [-0.2, 0) is 9.53 Å². The Hall–Kier alpha value is -0.650. The highest BCUT2D eigenvalue weighted by atomic mass is 16.5. The number of ether oxygens (including phenoxy) is 1. The second-order valence-corrected chi connectivity index (χ2v) is 3.01. The molecule has 70 valence electrons. The molecule has 0 aliphatic heterocycles. The van der Waals surface area contributed by atoms with Crippen molar-refractivity contribution in [3.05, 3.63) is 0 Å². The summed E-state index contributed by atoms with van der Waals surface area (Å²) in [5, 5.41) is 18.5. The van der Waals surface area contributed by atoms with Crippen LogP contribution in [-0.4, -0.2) is 41.5 Å². The van der Waals surface area contributed by atoms with E-state index in [-0.39, 0.29) is 6.42 Å². The first-order valence-electron chi connectivity index (χ1n) is 3.77. The monoisotopic (exact) mass is 175 g/mol. The number of hydrogen-bond donors (Lipinski definition) is 3. The molecular weight excluding hydrogens is 162 g/mol. The Bertz CT molecular complexity index is 184. The molecule has 1 fully saturated rings. The predicted octanol–water partition coefficient (Wildman–Crippen LogP) is -1.77. The van der Waals surface area contributed by atoms with Gasteiger partial charge in [0.1, 0.15) is 0 Å². The Morgan fingerprint density at radius 2 is 2.08 bits per heavy atom. The van der Waals surface area contributed by atoms with E-state index in [1.807, 2.05) is 0 Å². The van der Waals surface area contributed by atoms with Gasteiger partial charge in [0.25, 0.3) is 0 Å². The molecule has 0 radical (unpaired) electrons. The Morgan fingerprint density at radius 3 is 2.42 bits per heavy atom. The molecule has 0 bridgehead atoms. The normalized spacial score (nSPS) is 41.3. The molecule has 0 amide bonds. The maximum absolute atomic E-state index is 11.0. The van der Waals surface area contributed by atoms with Crippen LogP contribution in [0.5, 0.6) is 0 Å². The lowest BCUT2D eigenvalue weighted by Crippen LogP contribution is -2.36. The van der Waals surface area contributed by atoms with Gasteiger partial charge < -0.3 is 20.7 Å². The molecule has 4 N–H and O–H groups in total. The summed E-state index contributed by atoms with van der Waals surface area (Å²) >= 11 is 0. The van der Waals surface area contributed by atoms with E-state index in [1.165, 1.54) is 7.11 Å². The molecule has 4 atom stereocenters. The summed E-state index contributed by atoms with van der Waals surface area (Å²) in [6.45, 7) is 0. The summed E-state index contributed by atoms with van der Waals surface area (Å²) in [6, 6.07) is -0.538. The third-order valence-corrected chi connectivity index (χ3v) is 2.23. The number of nitrogens with two attached hydrogens (primary N) is 1. The van der Waals surface area contributed by atoms with Crippen LogP contribution in [0.15, 0.2) is 0 Å². The molecule has 1 aliphatic rings. The van der Waals surface area contributed by atoms with Crippen molar-refractivity contribution in [3.63, 3.8) is 0 Å². The minimum atomic E-state index is -1.09. The molecule has 0 aromatic rings. The van der Waals surface area contributed by atoms with Crippen molar-refractivity contribution < 1.29 is 19.7 Å². The summed E-state index contributed by atoms with van der Waals surface area (Å²) in [5.41, 5.74) is 5.43. The summed E-state index contributed by atoms with van der Waals surface area (Å²) in [5.74, 6) is -1.20. The van der Waals surface area contributed by atoms with Crippen LogP contribution in [0.1, 0.15) is 6.42 Å². The van der Waals surface area contributed by atoms with Gasteiger partial charge in [-0.2, -0.15) is 0 Å². The van der Waals surface area contributed by atoms with Crippen LogP contribution >= 0.6 is 0 Å². The largest absolute Gasteiger partial charge is 0.469 e. The standard InChI is InChI=1S/C7H13NO4/c1-12-7(11)3-2-4(8)6(10)5(3)9/h3-6,9-10H,2,8H2,1H3/t3-,4-,5-,6+/m1/s1. The second-order valence-electron chi connectivity index (χ2n) is 3.01. The van der Waals surface area contributed by atoms with E-state index in [2.05, 4.69) is 4.74 Å². The Labute approximate surface area is 70.1 Å². The Kier molecular flexibility index (Phi) is 2.66. The van der Waals surface area contributed by atoms with Crippen LogP contribution in [0.4, 0.5) is 0 Å². The molecule has 5 heteroatoms. The SMILES string of the molecule is COC(=O)[C@@H]1C[C@@H](N)[C@H](O)[C@@H]1O. The first-order chi connectivity index (χ1) is 5.57. The van der Waals surface area contributed by atoms with E-state index >= 15 is 0 Å². The lowest BCUT2D eigenvalue weighted by Gasteiger charge is -2.13. The van der Waals surface area contributed by atoms with Crippen LogP contribution in [0, 0.1) is 5.92 Å². The zero-order valence-corrected chi connectivity index (χ0v) is 6.80. The number of carbonyl (C=O) groups excluding carboxylic acids is 1. The van der Waals surface area contributed by atoms with Gasteiger partial charge in [-0.3, -0.25) is 4.79 Å². The van der Waals surface area contributed by atoms with E-state index in [9.17, 15) is 15.0 Å². The number of hydrogen-bond acceptors (Lipinski definition) is 5. The highest BCUT2D eigenvalue weighted by molar-refractivity contribution is 5.73. The molecule has 0 unspecified atom stereocenters. The zero-order chi connectivity index (χ0) is 9.30. The van der Waals surface area contributed by atoms with Gasteiger partial charge in [-0.15, -0.1) is 0 Å². The number of methoxy groups -OCH3 is 1. The quantitative estimate of drug-likeness (QED) is 0.410. The number of aliphatic hydroxyl groups excluding tert-OH is 2. The smallest absolute Gasteiger partial charge is 0.311 e. The van der Waals surface area contributed by atoms with Gasteiger partial charge in [0.05, 0.1) is 25.2 Å². The van der Waals surface area contributed by atoms with Crippen molar-refractivity contribution in [3.8, 4) is 0 Å². The number of carbonyl (C=O) groups is 1. The van der Waals surface area contributed by atoms with Gasteiger partial charge >= 0.3 is 5.97 Å². The highest BCUT2D eigenvalue weighted by Gasteiger charge is 2.43. The topological polar surface area (TPSA) is 92.8 Å². The number of rotatable bonds is 1. The molecule has 1 saturated carbocycles. The fourth-order valence-corrected chi connectivity index (χ4v) is 1.45. The summed E-state index contributed by atoms with van der Waals surface area (Å²) < 4.78 is 4.44. The van der Waals surface area contributed by atoms with Gasteiger partial charge in [-0.05, 0) is 6.42 Å². The maximum Gasteiger partial charge on any atom is 0.311 e. The molecule has 0 heterocycles. The van der Waals surface area contributed by atoms with Crippen molar-refractivity contribution in [2.75, 3.05) is 7.11 Å². The third kappa shape index (κ3) is 1.43. The van der Waals surface area contributed by atoms with E-state index in [0.29, 0.717) is 0 Å². The molecule has 12 heavy (non-hydrogen) atoms. The maximum atomic E-state index is 11.0. The second kappa shape index (κ2) is 3.38. The summed E-state index contributed by atoms with van der Waals surface area (Å²) in [7, 11) is 1.24. The van der Waals surface area contributed by atoms with Gasteiger partial charge in [0.2, 0.25) is 0 Å². The number of aliphatic hydroxyl groups is 2. The Morgan fingerprint density at radius 1 is 1.50 bits per heavy atom. The fraction of sp³-hybridized carbons (Fsp3) is 0.857. The van der Waals surface area contributed by atoms with Crippen molar-refractivity contribution in [2.45, 2.75) is 24.7 Å². The fourth-order valence-electron chi connectivity index (χ4n) is 1.45. The van der Waals surface area contributed by atoms with Crippen molar-refractivity contribution in [1.82, 2.24) is 0 Å². The molecule has 0 aromatic heterocycles. The minimum Gasteiger partial charge on any atom is -0.469 e. The zero-order valence-electron chi connectivity index (χ0n) is 6.80. The lowest BCUT2D eigenvalue weighted by atomic mass is 10.1. The van der Waals surface area contributed by atoms with Gasteiger partial charge in [-0.25, -0.2) is 0 Å². The molecule has 5 nitrogen and oxygen atoms in total. The van der Waals surface area contributed by atoms with Crippen molar-refractivity contribution in [1.29, 1.82) is 0 Å². The van der Waals surface area contributed by atoms with Crippen LogP contribution in [0.2, 0.25) is 0 Å². The van der Waals surface area contributed by atoms with Gasteiger partial charge in [-0.1, -0.05) is 0 Å². The average Bonchev–Trinajstić information content (AvgIpc) is 2.32. The van der Waals surface area contributed by atoms with E-state index in [0.717, 1.165) is 0 Å². The molecule has 1 rings (SSSR count). The van der Waals surface area contributed by atoms with Crippen LogP contribution in [0.25, 0.3) is 0 Å². The Balaban J connectivity index is 2.64. The van der Waals surface area contributed by atoms with E-state index in [4.69, 9.17) is 5.73 Å². The molecule has 0 saturated heterocycles. The highest BCUT2D eigenvalue weighted by Crippen LogP contribution is 2.26. The van der Waals surface area contributed by atoms with Crippen molar-refractivity contribution in [2.24, 2.45) is 11.7 Å². The van der Waals surface area contributed by atoms with E-state index < -0.39 is 30.1 Å². The molecule has 0 spiro atoms. The average molecular weight is 175 g/mol. The predicted molar refractivity (Wildman–Crippen MR) is 40.1 cm³/mol. The summed E-state index contributed by atoms with van der Waals surface area (Å²) in [6.07, 6.45) is -1.84. The molecular formula is C7H13NO4. The summed E-state index contributed by atoms with van der Waals surface area (Å²) in [4.78, 5) is 11.0. The molecule has 0 aromatic carbocycles. The van der Waals surface area contributed by atoms with Crippen LogP contribution in [0.3, 0.4) is 0 Å². The number of esters is 1. The van der Waals surface area contributed by atoms with Crippen molar-refractivity contribution >= 4 is 5.97 Å². The first kappa shape index (κ1) is 9.44.